The number of nitrogens with zero attached hydrogens (tertiary/aromatic N) is 5. The first-order valence-electron chi connectivity index (χ1n) is 11.6. The predicted octanol–water partition coefficient (Wildman–Crippen LogP) is 4.92. The minimum atomic E-state index is -3.99. The molecule has 0 atom stereocenters. The molecule has 10 nitrogen and oxygen atoms in total. The average Bonchev–Trinajstić information content (AvgIpc) is 3.34. The maximum Gasteiger partial charge on any atom is 0.270 e. The molecule has 3 aromatic carbocycles. The summed E-state index contributed by atoms with van der Waals surface area (Å²) >= 11 is 0. The largest absolute Gasteiger partial charge is 0.277 e. The van der Waals surface area contributed by atoms with Gasteiger partial charge in [0.05, 0.1) is 22.5 Å². The van der Waals surface area contributed by atoms with Gasteiger partial charge in [-0.2, -0.15) is 14.5 Å². The molecule has 4 rings (SSSR count). The van der Waals surface area contributed by atoms with Crippen molar-refractivity contribution in [1.82, 2.24) is 14.1 Å². The van der Waals surface area contributed by atoms with Crippen LogP contribution in [0.15, 0.2) is 95.1 Å². The van der Waals surface area contributed by atoms with Crippen LogP contribution in [0.3, 0.4) is 0 Å². The molecule has 11 heteroatoms. The van der Waals surface area contributed by atoms with Crippen molar-refractivity contribution in [3.63, 3.8) is 0 Å². The number of sulfonamides is 1. The third kappa shape index (κ3) is 5.57. The monoisotopic (exact) mass is 518 g/mol. The molecule has 0 unspecified atom stereocenters. The predicted molar refractivity (Wildman–Crippen MR) is 143 cm³/mol. The van der Waals surface area contributed by atoms with Gasteiger partial charge in [-0.1, -0.05) is 62.4 Å². The molecule has 0 radical (unpaired) electrons. The summed E-state index contributed by atoms with van der Waals surface area (Å²) in [5.41, 5.74) is 5.72. The average molecular weight is 519 g/mol. The van der Waals surface area contributed by atoms with Crippen molar-refractivity contribution in [2.45, 2.75) is 18.7 Å². The van der Waals surface area contributed by atoms with Gasteiger partial charge in [0.25, 0.3) is 5.69 Å². The highest BCUT2D eigenvalue weighted by Crippen LogP contribution is 2.29. The van der Waals surface area contributed by atoms with E-state index in [1.807, 2.05) is 66.9 Å². The van der Waals surface area contributed by atoms with Crippen LogP contribution in [0.2, 0.25) is 0 Å². The Morgan fingerprint density at radius 2 is 1.68 bits per heavy atom. The molecule has 0 fully saturated rings. The molecule has 1 heterocycles. The number of para-hydroxylation sites is 1. The molecule has 0 aliphatic rings. The Morgan fingerprint density at radius 3 is 2.30 bits per heavy atom. The first kappa shape index (κ1) is 25.7. The third-order valence-electron chi connectivity index (χ3n) is 5.70. The Bertz CT molecular complexity index is 1520. The molecule has 0 spiro atoms. The summed E-state index contributed by atoms with van der Waals surface area (Å²) in [5.74, 6) is 0. The van der Waals surface area contributed by atoms with E-state index in [1.54, 1.807) is 24.7 Å². The SMILES string of the molecule is CCN(CC)S(=O)(=O)c1cc([N+](=O)[O-])ccc1N/N=C\c1cn(-c2ccccc2)nc1-c1ccccc1. The van der Waals surface area contributed by atoms with E-state index in [1.165, 1.54) is 16.4 Å². The lowest BCUT2D eigenvalue weighted by atomic mass is 10.1. The van der Waals surface area contributed by atoms with Crippen molar-refractivity contribution >= 4 is 27.6 Å². The number of benzene rings is 3. The van der Waals surface area contributed by atoms with E-state index in [0.29, 0.717) is 11.3 Å². The number of nitro benzene ring substituents is 1. The number of hydrazone groups is 1. The molecule has 37 heavy (non-hydrogen) atoms. The normalized spacial score (nSPS) is 11.8. The standard InChI is InChI=1S/C26H26N6O4S/c1-3-30(4-2)37(35,36)25-17-23(32(33)34)15-16-24(25)28-27-18-21-19-31(22-13-9-6-10-14-22)29-26(21)20-11-7-5-8-12-20/h5-19,28H,3-4H2,1-2H3/b27-18-. The molecule has 0 saturated heterocycles. The van der Waals surface area contributed by atoms with Crippen LogP contribution in [-0.2, 0) is 10.0 Å². The second-order valence-corrected chi connectivity index (χ2v) is 9.88. The summed E-state index contributed by atoms with van der Waals surface area (Å²) in [5, 5.41) is 20.3. The van der Waals surface area contributed by atoms with Crippen LogP contribution in [-0.4, -0.2) is 46.7 Å². The quantitative estimate of drug-likeness (QED) is 0.181. The van der Waals surface area contributed by atoms with Gasteiger partial charge in [0.1, 0.15) is 10.6 Å². The molecule has 1 aromatic heterocycles. The summed E-state index contributed by atoms with van der Waals surface area (Å²) in [4.78, 5) is 10.5. The van der Waals surface area contributed by atoms with Crippen LogP contribution in [0.25, 0.3) is 16.9 Å². The number of nitrogens with one attached hydrogen (secondary N) is 1. The van der Waals surface area contributed by atoms with E-state index < -0.39 is 14.9 Å². The molecule has 4 aromatic rings. The van der Waals surface area contributed by atoms with Gasteiger partial charge in [0, 0.05) is 42.5 Å². The van der Waals surface area contributed by atoms with Crippen molar-refractivity contribution in [2.24, 2.45) is 5.10 Å². The van der Waals surface area contributed by atoms with E-state index in [4.69, 9.17) is 5.10 Å². The van der Waals surface area contributed by atoms with Crippen molar-refractivity contribution in [3.8, 4) is 16.9 Å². The molecule has 1 N–H and O–H groups in total. The maximum absolute atomic E-state index is 13.2. The Morgan fingerprint density at radius 1 is 1.03 bits per heavy atom. The molecular weight excluding hydrogens is 492 g/mol. The maximum atomic E-state index is 13.2. The number of hydrogen-bond donors (Lipinski definition) is 1. The van der Waals surface area contributed by atoms with Gasteiger partial charge >= 0.3 is 0 Å². The van der Waals surface area contributed by atoms with Gasteiger partial charge in [-0.15, -0.1) is 0 Å². The first-order valence-corrected chi connectivity index (χ1v) is 13.1. The van der Waals surface area contributed by atoms with E-state index in [9.17, 15) is 18.5 Å². The third-order valence-corrected chi connectivity index (χ3v) is 7.79. The Balaban J connectivity index is 1.72. The molecular formula is C26H26N6O4S. The molecule has 190 valence electrons. The van der Waals surface area contributed by atoms with E-state index in [0.717, 1.165) is 17.3 Å². The molecule has 0 aliphatic carbocycles. The lowest BCUT2D eigenvalue weighted by Gasteiger charge is -2.20. The fourth-order valence-corrected chi connectivity index (χ4v) is 5.44. The van der Waals surface area contributed by atoms with Gasteiger partial charge in [-0.3, -0.25) is 15.5 Å². The van der Waals surface area contributed by atoms with Crippen LogP contribution >= 0.6 is 0 Å². The minimum Gasteiger partial charge on any atom is -0.277 e. The number of aromatic nitrogens is 2. The van der Waals surface area contributed by atoms with Crippen molar-refractivity contribution < 1.29 is 13.3 Å². The van der Waals surface area contributed by atoms with Gasteiger partial charge in [0.2, 0.25) is 10.0 Å². The summed E-state index contributed by atoms with van der Waals surface area (Å²) in [6.45, 7) is 3.87. The zero-order valence-corrected chi connectivity index (χ0v) is 21.2. The summed E-state index contributed by atoms with van der Waals surface area (Å²) < 4.78 is 29.4. The van der Waals surface area contributed by atoms with Gasteiger partial charge in [-0.25, -0.2) is 13.1 Å². The number of hydrogen-bond acceptors (Lipinski definition) is 7. The summed E-state index contributed by atoms with van der Waals surface area (Å²) in [6.07, 6.45) is 3.37. The number of nitro groups is 1. The molecule has 0 bridgehead atoms. The highest BCUT2D eigenvalue weighted by Gasteiger charge is 2.27. The van der Waals surface area contributed by atoms with Crippen LogP contribution in [0, 0.1) is 10.1 Å². The van der Waals surface area contributed by atoms with Crippen molar-refractivity contribution in [3.05, 3.63) is 101 Å². The Hall–Kier alpha value is -4.35. The lowest BCUT2D eigenvalue weighted by Crippen LogP contribution is -2.31. The van der Waals surface area contributed by atoms with E-state index in [-0.39, 0.29) is 29.4 Å². The fourth-order valence-electron chi connectivity index (χ4n) is 3.82. The Labute approximate surface area is 215 Å². The summed E-state index contributed by atoms with van der Waals surface area (Å²) in [6, 6.07) is 22.9. The fraction of sp³-hybridized carbons (Fsp3) is 0.154. The van der Waals surface area contributed by atoms with Crippen LogP contribution < -0.4 is 5.43 Å². The van der Waals surface area contributed by atoms with Gasteiger partial charge < -0.3 is 0 Å². The smallest absolute Gasteiger partial charge is 0.270 e. The van der Waals surface area contributed by atoms with Crippen LogP contribution in [0.1, 0.15) is 19.4 Å². The first-order chi connectivity index (χ1) is 17.8. The van der Waals surface area contributed by atoms with Gasteiger partial charge in [-0.05, 0) is 18.2 Å². The number of anilines is 1. The zero-order valence-electron chi connectivity index (χ0n) is 20.4. The number of rotatable bonds is 10. The zero-order chi connectivity index (χ0) is 26.4. The van der Waals surface area contributed by atoms with Crippen LogP contribution in [0.5, 0.6) is 0 Å². The number of non-ortho nitro benzene ring substituents is 1. The van der Waals surface area contributed by atoms with Crippen LogP contribution in [0.4, 0.5) is 11.4 Å². The van der Waals surface area contributed by atoms with Crippen molar-refractivity contribution in [2.75, 3.05) is 18.5 Å². The van der Waals surface area contributed by atoms with Crippen molar-refractivity contribution in [1.29, 1.82) is 0 Å². The highest BCUT2D eigenvalue weighted by atomic mass is 32.2. The minimum absolute atomic E-state index is 0.130. The van der Waals surface area contributed by atoms with Gasteiger partial charge in [0.15, 0.2) is 0 Å². The molecule has 0 saturated carbocycles. The topological polar surface area (TPSA) is 123 Å². The molecule has 0 amide bonds. The second-order valence-electron chi connectivity index (χ2n) is 7.98. The summed E-state index contributed by atoms with van der Waals surface area (Å²) in [7, 11) is -3.99. The van der Waals surface area contributed by atoms with E-state index in [2.05, 4.69) is 10.5 Å². The molecule has 0 aliphatic heterocycles. The highest BCUT2D eigenvalue weighted by molar-refractivity contribution is 7.89. The second kappa shape index (κ2) is 11.1. The Kier molecular flexibility index (Phi) is 7.75. The lowest BCUT2D eigenvalue weighted by molar-refractivity contribution is -0.385. The van der Waals surface area contributed by atoms with E-state index >= 15 is 0 Å².